The van der Waals surface area contributed by atoms with E-state index in [9.17, 15) is 4.79 Å². The van der Waals surface area contributed by atoms with Gasteiger partial charge in [-0.05, 0) is 73.2 Å². The van der Waals surface area contributed by atoms with Crippen LogP contribution in [-0.2, 0) is 12.8 Å². The van der Waals surface area contributed by atoms with Crippen LogP contribution in [0.2, 0.25) is 0 Å². The quantitative estimate of drug-likeness (QED) is 0.172. The van der Waals surface area contributed by atoms with Gasteiger partial charge in [0, 0.05) is 16.7 Å². The first-order chi connectivity index (χ1) is 18.6. The Morgan fingerprint density at radius 1 is 0.605 bits per heavy atom. The second kappa shape index (κ2) is 11.7. The smallest absolute Gasteiger partial charge is 0.198 e. The lowest BCUT2D eigenvalue weighted by Crippen LogP contribution is -2.21. The predicted molar refractivity (Wildman–Crippen MR) is 157 cm³/mol. The third kappa shape index (κ3) is 5.41. The van der Waals surface area contributed by atoms with Crippen LogP contribution in [0.3, 0.4) is 0 Å². The summed E-state index contributed by atoms with van der Waals surface area (Å²) in [4.78, 5) is 14.4. The van der Waals surface area contributed by atoms with E-state index in [2.05, 4.69) is 38.1 Å². The van der Waals surface area contributed by atoms with Gasteiger partial charge in [-0.15, -0.1) is 0 Å². The van der Waals surface area contributed by atoms with Crippen LogP contribution in [0.1, 0.15) is 77.7 Å². The summed E-state index contributed by atoms with van der Waals surface area (Å²) >= 11 is 5.93. The zero-order valence-corrected chi connectivity index (χ0v) is 22.8. The Bertz CT molecular complexity index is 1340. The van der Waals surface area contributed by atoms with E-state index in [1.165, 1.54) is 17.5 Å². The van der Waals surface area contributed by atoms with Crippen LogP contribution in [0.25, 0.3) is 0 Å². The monoisotopic (exact) mass is 520 g/mol. The van der Waals surface area contributed by atoms with E-state index < -0.39 is 0 Å². The number of aryl methyl sites for hydroxylation is 2. The number of unbranched alkanes of at least 4 members (excludes halogenated alkanes) is 2. The van der Waals surface area contributed by atoms with Crippen molar-refractivity contribution in [3.63, 3.8) is 0 Å². The fraction of sp³-hybridized carbons (Fsp3) is 0.235. The summed E-state index contributed by atoms with van der Waals surface area (Å²) in [7, 11) is 0. The summed E-state index contributed by atoms with van der Waals surface area (Å²) in [5.41, 5.74) is 4.96. The van der Waals surface area contributed by atoms with E-state index in [-0.39, 0.29) is 5.78 Å². The van der Waals surface area contributed by atoms with E-state index in [1.807, 2.05) is 60.7 Å². The summed E-state index contributed by atoms with van der Waals surface area (Å²) in [5.74, 6) is 2.40. The minimum atomic E-state index is -0.112. The van der Waals surface area contributed by atoms with E-state index >= 15 is 0 Å². The van der Waals surface area contributed by atoms with Crippen molar-refractivity contribution >= 4 is 22.9 Å². The number of rotatable bonds is 10. The highest BCUT2D eigenvalue weighted by atomic mass is 32.1. The van der Waals surface area contributed by atoms with Gasteiger partial charge in [0.1, 0.15) is 23.0 Å². The maximum atomic E-state index is 13.8. The lowest BCUT2D eigenvalue weighted by atomic mass is 9.84. The molecule has 0 atom stereocenters. The topological polar surface area (TPSA) is 35.5 Å². The molecule has 0 N–H and O–H groups in total. The molecule has 0 saturated heterocycles. The van der Waals surface area contributed by atoms with Crippen molar-refractivity contribution in [2.45, 2.75) is 52.4 Å². The van der Waals surface area contributed by atoms with E-state index in [1.54, 1.807) is 0 Å². The first-order valence-electron chi connectivity index (χ1n) is 13.5. The van der Waals surface area contributed by atoms with Crippen LogP contribution in [0.4, 0.5) is 0 Å². The molecule has 192 valence electrons. The highest BCUT2D eigenvalue weighted by Crippen LogP contribution is 2.40. The molecule has 38 heavy (non-hydrogen) atoms. The summed E-state index contributed by atoms with van der Waals surface area (Å²) in [6.45, 7) is 4.38. The summed E-state index contributed by atoms with van der Waals surface area (Å²) in [6.07, 6.45) is 6.76. The van der Waals surface area contributed by atoms with Gasteiger partial charge in [-0.1, -0.05) is 87.4 Å². The van der Waals surface area contributed by atoms with Gasteiger partial charge in [-0.25, -0.2) is 0 Å². The molecule has 5 rings (SSSR count). The molecule has 3 nitrogen and oxygen atoms in total. The highest BCUT2D eigenvalue weighted by Gasteiger charge is 2.32. The lowest BCUT2D eigenvalue weighted by molar-refractivity contribution is 0.103. The van der Waals surface area contributed by atoms with Gasteiger partial charge in [0.2, 0.25) is 0 Å². The van der Waals surface area contributed by atoms with Crippen LogP contribution >= 0.6 is 12.2 Å². The molecule has 4 aromatic carbocycles. The van der Waals surface area contributed by atoms with Crippen molar-refractivity contribution in [1.82, 2.24) is 0 Å². The predicted octanol–water partition coefficient (Wildman–Crippen LogP) is 9.27. The van der Waals surface area contributed by atoms with Crippen LogP contribution in [0, 0.1) is 0 Å². The van der Waals surface area contributed by atoms with Crippen LogP contribution in [-0.4, -0.2) is 10.6 Å². The van der Waals surface area contributed by atoms with E-state index in [0.717, 1.165) is 37.9 Å². The summed E-state index contributed by atoms with van der Waals surface area (Å²) in [5, 5.41) is 0. The Kier molecular flexibility index (Phi) is 8.00. The number of thiocarbonyl (C=S) groups is 1. The largest absolute Gasteiger partial charge is 0.457 e. The van der Waals surface area contributed by atoms with Gasteiger partial charge in [0.25, 0.3) is 0 Å². The first kappa shape index (κ1) is 25.9. The second-order valence-electron chi connectivity index (χ2n) is 9.71. The molecule has 0 aromatic heterocycles. The molecule has 0 heterocycles. The fourth-order valence-corrected chi connectivity index (χ4v) is 5.19. The zero-order chi connectivity index (χ0) is 26.5. The first-order valence-corrected chi connectivity index (χ1v) is 13.9. The molecular weight excluding hydrogens is 488 g/mol. The highest BCUT2D eigenvalue weighted by molar-refractivity contribution is 7.81. The van der Waals surface area contributed by atoms with Gasteiger partial charge in [-0.3, -0.25) is 4.79 Å². The Labute approximate surface area is 230 Å². The van der Waals surface area contributed by atoms with Crippen molar-refractivity contribution in [2.75, 3.05) is 0 Å². The minimum absolute atomic E-state index is 0.112. The van der Waals surface area contributed by atoms with Crippen molar-refractivity contribution in [1.29, 1.82) is 0 Å². The van der Waals surface area contributed by atoms with Gasteiger partial charge in [0.15, 0.2) is 5.78 Å². The molecule has 0 aliphatic heterocycles. The molecule has 0 radical (unpaired) electrons. The summed E-state index contributed by atoms with van der Waals surface area (Å²) < 4.78 is 12.5. The number of carbonyl (C=O) groups is 1. The second-order valence-corrected chi connectivity index (χ2v) is 10.1. The Morgan fingerprint density at radius 2 is 1.08 bits per heavy atom. The van der Waals surface area contributed by atoms with Crippen molar-refractivity contribution in [3.05, 3.63) is 118 Å². The molecule has 0 amide bonds. The lowest BCUT2D eigenvalue weighted by Gasteiger charge is -2.24. The molecule has 4 heteroatoms. The van der Waals surface area contributed by atoms with Crippen molar-refractivity contribution in [2.24, 2.45) is 0 Å². The van der Waals surface area contributed by atoms with Crippen LogP contribution in [0.15, 0.2) is 84.9 Å². The molecule has 0 spiro atoms. The van der Waals surface area contributed by atoms with E-state index in [4.69, 9.17) is 21.7 Å². The third-order valence-corrected chi connectivity index (χ3v) is 7.36. The number of hydrogen-bond acceptors (Lipinski definition) is 4. The molecule has 1 aliphatic carbocycles. The van der Waals surface area contributed by atoms with Gasteiger partial charge in [0.05, 0.1) is 10.4 Å². The average Bonchev–Trinajstić information content (AvgIpc) is 2.95. The summed E-state index contributed by atoms with van der Waals surface area (Å²) in [6, 6.07) is 27.4. The molecule has 0 fully saturated rings. The maximum Gasteiger partial charge on any atom is 0.198 e. The minimum Gasteiger partial charge on any atom is -0.457 e. The molecule has 0 saturated carbocycles. The molecule has 0 unspecified atom stereocenters. The number of carbonyl (C=O) groups excluding carboxylic acids is 1. The SMILES string of the molecule is CCCCc1ccc(Oc2cccc3c2C(=O)c2cccc(Oc4ccc(CCCC)cc4)c2C3=S)cc1. The number of hydrogen-bond donors (Lipinski definition) is 0. The van der Waals surface area contributed by atoms with Gasteiger partial charge >= 0.3 is 0 Å². The standard InChI is InChI=1S/C34H32O3S/c1-3-5-9-23-15-19-25(20-16-23)36-29-13-8-12-28-31(29)33(35)27-11-7-14-30(32(27)34(28)38)37-26-21-17-24(18-22-26)10-6-4-2/h7-8,11-22H,3-6,9-10H2,1-2H3. The van der Waals surface area contributed by atoms with Crippen LogP contribution < -0.4 is 9.47 Å². The fourth-order valence-electron chi connectivity index (χ4n) is 4.81. The van der Waals surface area contributed by atoms with Crippen molar-refractivity contribution in [3.8, 4) is 23.0 Å². The molecular formula is C34H32O3S. The third-order valence-electron chi connectivity index (χ3n) is 6.94. The Morgan fingerprint density at radius 3 is 1.58 bits per heavy atom. The number of ketones is 1. The maximum absolute atomic E-state index is 13.8. The number of benzene rings is 4. The molecule has 4 aromatic rings. The normalized spacial score (nSPS) is 12.2. The zero-order valence-electron chi connectivity index (χ0n) is 22.0. The molecule has 1 aliphatic rings. The average molecular weight is 521 g/mol. The number of ether oxygens (including phenoxy) is 2. The van der Waals surface area contributed by atoms with Gasteiger partial charge in [-0.2, -0.15) is 0 Å². The molecule has 0 bridgehead atoms. The van der Waals surface area contributed by atoms with Crippen molar-refractivity contribution < 1.29 is 14.3 Å². The Balaban J connectivity index is 1.42. The van der Waals surface area contributed by atoms with E-state index in [0.29, 0.717) is 44.4 Å². The number of fused-ring (bicyclic) bond motifs is 2. The van der Waals surface area contributed by atoms with Gasteiger partial charge < -0.3 is 9.47 Å². The van der Waals surface area contributed by atoms with Crippen LogP contribution in [0.5, 0.6) is 23.0 Å². The Hall–Kier alpha value is -3.76.